The number of nitrogens with zero attached hydrogens (tertiary/aromatic N) is 2. The molecule has 1 aromatic rings. The summed E-state index contributed by atoms with van der Waals surface area (Å²) in [5.41, 5.74) is 0.504. The minimum Gasteiger partial charge on any atom is -0.465 e. The van der Waals surface area contributed by atoms with Gasteiger partial charge in [0.25, 0.3) is 0 Å². The molecule has 1 aromatic carbocycles. The van der Waals surface area contributed by atoms with Crippen molar-refractivity contribution in [1.82, 2.24) is 9.80 Å². The summed E-state index contributed by atoms with van der Waals surface area (Å²) in [5, 5.41) is 2.65. The monoisotopic (exact) mass is 349 g/mol. The van der Waals surface area contributed by atoms with Crippen LogP contribution in [0.5, 0.6) is 0 Å². The summed E-state index contributed by atoms with van der Waals surface area (Å²) in [4.78, 5) is 49.7. The minimum atomic E-state index is -0.638. The van der Waals surface area contributed by atoms with E-state index in [0.717, 1.165) is 6.41 Å². The van der Waals surface area contributed by atoms with Crippen molar-refractivity contribution in [3.05, 3.63) is 29.3 Å². The quantitative estimate of drug-likeness (QED) is 0.629. The molecule has 1 N–H and O–H groups in total. The van der Waals surface area contributed by atoms with Gasteiger partial charge in [0.15, 0.2) is 0 Å². The van der Waals surface area contributed by atoms with E-state index in [0.29, 0.717) is 26.2 Å². The molecule has 1 saturated heterocycles. The number of carbonyl (C=O) groups is 4. The van der Waals surface area contributed by atoms with Crippen LogP contribution in [0.4, 0.5) is 10.5 Å². The fourth-order valence-corrected chi connectivity index (χ4v) is 2.40. The van der Waals surface area contributed by atoms with Crippen molar-refractivity contribution < 1.29 is 28.7 Å². The zero-order valence-electron chi connectivity index (χ0n) is 14.0. The Morgan fingerprint density at radius 2 is 1.48 bits per heavy atom. The molecule has 9 heteroatoms. The molecule has 0 saturated carbocycles. The van der Waals surface area contributed by atoms with Crippen molar-refractivity contribution in [3.8, 4) is 0 Å². The first-order chi connectivity index (χ1) is 12.0. The van der Waals surface area contributed by atoms with Gasteiger partial charge in [-0.15, -0.1) is 0 Å². The lowest BCUT2D eigenvalue weighted by atomic mass is 10.1. The van der Waals surface area contributed by atoms with Gasteiger partial charge in [0, 0.05) is 31.9 Å². The number of methoxy groups -OCH3 is 2. The topological polar surface area (TPSA) is 105 Å². The number of carbonyl (C=O) groups excluding carboxylic acids is 4. The molecule has 1 aliphatic rings. The molecule has 0 radical (unpaired) electrons. The summed E-state index contributed by atoms with van der Waals surface area (Å²) in [6.07, 6.45) is 0.748. The van der Waals surface area contributed by atoms with Crippen LogP contribution in [0.1, 0.15) is 20.7 Å². The normalized spacial score (nSPS) is 13.8. The molecule has 0 atom stereocenters. The van der Waals surface area contributed by atoms with E-state index < -0.39 is 11.9 Å². The molecule has 2 rings (SSSR count). The second kappa shape index (κ2) is 8.13. The smallest absolute Gasteiger partial charge is 0.337 e. The third-order valence-electron chi connectivity index (χ3n) is 3.78. The number of esters is 2. The highest BCUT2D eigenvalue weighted by atomic mass is 16.5. The number of hydrogen-bond acceptors (Lipinski definition) is 6. The van der Waals surface area contributed by atoms with Crippen molar-refractivity contribution in [3.63, 3.8) is 0 Å². The van der Waals surface area contributed by atoms with Gasteiger partial charge in [0.05, 0.1) is 25.3 Å². The number of amides is 3. The molecular formula is C16H19N3O6. The molecule has 0 unspecified atom stereocenters. The summed E-state index contributed by atoms with van der Waals surface area (Å²) in [6.45, 7) is 1.69. The highest BCUT2D eigenvalue weighted by molar-refractivity contribution is 5.99. The van der Waals surface area contributed by atoms with Crippen LogP contribution in [0.25, 0.3) is 0 Å². The number of nitrogens with one attached hydrogen (secondary N) is 1. The first-order valence-corrected chi connectivity index (χ1v) is 7.55. The third-order valence-corrected chi connectivity index (χ3v) is 3.78. The Morgan fingerprint density at radius 3 is 1.92 bits per heavy atom. The molecule has 1 heterocycles. The zero-order chi connectivity index (χ0) is 18.4. The van der Waals surface area contributed by atoms with Gasteiger partial charge in [0.2, 0.25) is 6.41 Å². The van der Waals surface area contributed by atoms with Crippen molar-refractivity contribution in [2.24, 2.45) is 0 Å². The Kier molecular flexibility index (Phi) is 5.93. The minimum absolute atomic E-state index is 0.117. The molecule has 3 amide bonds. The fourth-order valence-electron chi connectivity index (χ4n) is 2.40. The SMILES string of the molecule is COC(=O)c1cc(NC(=O)N2CCN(C=O)CC2)cc(C(=O)OC)c1. The average Bonchev–Trinajstić information content (AvgIpc) is 2.66. The largest absolute Gasteiger partial charge is 0.465 e. The predicted molar refractivity (Wildman–Crippen MR) is 87.3 cm³/mol. The van der Waals surface area contributed by atoms with Gasteiger partial charge in [-0.05, 0) is 18.2 Å². The highest BCUT2D eigenvalue weighted by Crippen LogP contribution is 2.18. The Labute approximate surface area is 144 Å². The van der Waals surface area contributed by atoms with Gasteiger partial charge < -0.3 is 24.6 Å². The van der Waals surface area contributed by atoms with Crippen molar-refractivity contribution >= 4 is 30.1 Å². The van der Waals surface area contributed by atoms with Crippen LogP contribution in [0.2, 0.25) is 0 Å². The van der Waals surface area contributed by atoms with Crippen LogP contribution in [0.3, 0.4) is 0 Å². The second-order valence-electron chi connectivity index (χ2n) is 5.34. The molecule has 0 bridgehead atoms. The van der Waals surface area contributed by atoms with Crippen LogP contribution in [0, 0.1) is 0 Å². The molecular weight excluding hydrogens is 330 g/mol. The van der Waals surface area contributed by atoms with Gasteiger partial charge in [-0.3, -0.25) is 4.79 Å². The van der Waals surface area contributed by atoms with Gasteiger partial charge in [-0.2, -0.15) is 0 Å². The first kappa shape index (κ1) is 18.2. The fraction of sp³-hybridized carbons (Fsp3) is 0.375. The van der Waals surface area contributed by atoms with E-state index in [9.17, 15) is 19.2 Å². The second-order valence-corrected chi connectivity index (χ2v) is 5.34. The zero-order valence-corrected chi connectivity index (χ0v) is 14.0. The number of hydrogen-bond donors (Lipinski definition) is 1. The standard InChI is InChI=1S/C16H19N3O6/c1-24-14(21)11-7-12(15(22)25-2)9-13(8-11)17-16(23)19-5-3-18(10-20)4-6-19/h7-10H,3-6H2,1-2H3,(H,17,23). The lowest BCUT2D eigenvalue weighted by Crippen LogP contribution is -2.49. The maximum Gasteiger partial charge on any atom is 0.337 e. The van der Waals surface area contributed by atoms with Crippen LogP contribution >= 0.6 is 0 Å². The summed E-state index contributed by atoms with van der Waals surface area (Å²) in [6, 6.07) is 3.77. The molecule has 0 spiro atoms. The van der Waals surface area contributed by atoms with Gasteiger partial charge >= 0.3 is 18.0 Å². The van der Waals surface area contributed by atoms with E-state index in [1.54, 1.807) is 9.80 Å². The Hall–Kier alpha value is -3.10. The van der Waals surface area contributed by atoms with Gasteiger partial charge in [-0.1, -0.05) is 0 Å². The molecule has 1 aliphatic heterocycles. The maximum atomic E-state index is 12.3. The lowest BCUT2D eigenvalue weighted by Gasteiger charge is -2.32. The highest BCUT2D eigenvalue weighted by Gasteiger charge is 2.21. The van der Waals surface area contributed by atoms with Crippen LogP contribution in [-0.2, 0) is 14.3 Å². The Morgan fingerprint density at radius 1 is 0.960 bits per heavy atom. The van der Waals surface area contributed by atoms with E-state index in [1.807, 2.05) is 0 Å². The average molecular weight is 349 g/mol. The van der Waals surface area contributed by atoms with Gasteiger partial charge in [0.1, 0.15) is 0 Å². The number of piperazine rings is 1. The van der Waals surface area contributed by atoms with Crippen molar-refractivity contribution in [1.29, 1.82) is 0 Å². The number of anilines is 1. The van der Waals surface area contributed by atoms with E-state index >= 15 is 0 Å². The molecule has 0 aromatic heterocycles. The van der Waals surface area contributed by atoms with Crippen LogP contribution in [-0.4, -0.2) is 74.6 Å². The van der Waals surface area contributed by atoms with E-state index in [4.69, 9.17) is 0 Å². The Bertz CT molecular complexity index is 648. The molecule has 134 valence electrons. The third kappa shape index (κ3) is 4.46. The molecule has 0 aliphatic carbocycles. The number of urea groups is 1. The molecule has 25 heavy (non-hydrogen) atoms. The first-order valence-electron chi connectivity index (χ1n) is 7.55. The number of ether oxygens (including phenoxy) is 2. The summed E-state index contributed by atoms with van der Waals surface area (Å²) >= 11 is 0. The maximum absolute atomic E-state index is 12.3. The van der Waals surface area contributed by atoms with Crippen LogP contribution < -0.4 is 5.32 Å². The number of rotatable bonds is 4. The summed E-state index contributed by atoms with van der Waals surface area (Å²) < 4.78 is 9.30. The van der Waals surface area contributed by atoms with E-state index in [2.05, 4.69) is 14.8 Å². The van der Waals surface area contributed by atoms with E-state index in [1.165, 1.54) is 32.4 Å². The van der Waals surface area contributed by atoms with Crippen molar-refractivity contribution in [2.45, 2.75) is 0 Å². The van der Waals surface area contributed by atoms with E-state index in [-0.39, 0.29) is 22.8 Å². The lowest BCUT2D eigenvalue weighted by molar-refractivity contribution is -0.119. The van der Waals surface area contributed by atoms with Gasteiger partial charge in [-0.25, -0.2) is 14.4 Å². The summed E-state index contributed by atoms with van der Waals surface area (Å²) in [5.74, 6) is -1.28. The molecule has 9 nitrogen and oxygen atoms in total. The van der Waals surface area contributed by atoms with Crippen molar-refractivity contribution in [2.75, 3.05) is 45.7 Å². The predicted octanol–water partition coefficient (Wildman–Crippen LogP) is 0.566. The molecule has 1 fully saturated rings. The number of benzene rings is 1. The van der Waals surface area contributed by atoms with Crippen LogP contribution in [0.15, 0.2) is 18.2 Å². The summed E-state index contributed by atoms with van der Waals surface area (Å²) in [7, 11) is 2.44. The Balaban J connectivity index is 2.17.